The third-order valence-electron chi connectivity index (χ3n) is 2.52. The van der Waals surface area contributed by atoms with E-state index in [1.165, 1.54) is 19.3 Å². The quantitative estimate of drug-likeness (QED) is 0.566. The summed E-state index contributed by atoms with van der Waals surface area (Å²) in [5.41, 5.74) is 7.50. The molecule has 1 rings (SSSR count). The van der Waals surface area contributed by atoms with E-state index in [4.69, 9.17) is 5.73 Å². The molecule has 0 amide bonds. The second kappa shape index (κ2) is 8.68. The van der Waals surface area contributed by atoms with Gasteiger partial charge in [-0.1, -0.05) is 38.3 Å². The van der Waals surface area contributed by atoms with E-state index in [0.717, 1.165) is 24.2 Å². The molecule has 0 heterocycles. The van der Waals surface area contributed by atoms with Gasteiger partial charge in [0.05, 0.1) is 11.7 Å². The van der Waals surface area contributed by atoms with Crippen LogP contribution >= 0.6 is 0 Å². The van der Waals surface area contributed by atoms with Crippen LogP contribution in [-0.2, 0) is 6.54 Å². The zero-order valence-electron chi connectivity index (χ0n) is 10.5. The molecular weight excluding hydrogens is 210 g/mol. The summed E-state index contributed by atoms with van der Waals surface area (Å²) in [4.78, 5) is 8.31. The second-order valence-electron chi connectivity index (χ2n) is 4.03. The molecule has 92 valence electrons. The van der Waals surface area contributed by atoms with E-state index < -0.39 is 0 Å². The van der Waals surface area contributed by atoms with Gasteiger partial charge < -0.3 is 5.73 Å². The van der Waals surface area contributed by atoms with Crippen molar-refractivity contribution in [2.45, 2.75) is 39.2 Å². The van der Waals surface area contributed by atoms with E-state index in [2.05, 4.69) is 22.9 Å². The van der Waals surface area contributed by atoms with Crippen LogP contribution in [0, 0.1) is 0 Å². The SMILES string of the molecule is CCCCCCN=C=Nc1cccc(CN)c1. The first kappa shape index (κ1) is 13.6. The van der Waals surface area contributed by atoms with E-state index in [-0.39, 0.29) is 0 Å². The fourth-order valence-corrected chi connectivity index (χ4v) is 1.51. The Bertz CT molecular complexity index is 379. The Labute approximate surface area is 103 Å². The molecule has 0 unspecified atom stereocenters. The lowest BCUT2D eigenvalue weighted by molar-refractivity contribution is 0.676. The second-order valence-corrected chi connectivity index (χ2v) is 4.03. The molecule has 1 aromatic carbocycles. The molecule has 0 saturated carbocycles. The largest absolute Gasteiger partial charge is 0.326 e. The molecule has 2 N–H and O–H groups in total. The van der Waals surface area contributed by atoms with Crippen LogP contribution in [0.4, 0.5) is 5.69 Å². The highest BCUT2D eigenvalue weighted by Gasteiger charge is 1.90. The molecule has 0 aromatic heterocycles. The Morgan fingerprint density at radius 3 is 2.88 bits per heavy atom. The summed E-state index contributed by atoms with van der Waals surface area (Å²) in [7, 11) is 0. The summed E-state index contributed by atoms with van der Waals surface area (Å²) in [5, 5.41) is 0. The maximum atomic E-state index is 5.56. The van der Waals surface area contributed by atoms with Crippen molar-refractivity contribution in [3.05, 3.63) is 29.8 Å². The van der Waals surface area contributed by atoms with Gasteiger partial charge in [0.2, 0.25) is 0 Å². The highest BCUT2D eigenvalue weighted by atomic mass is 14.8. The van der Waals surface area contributed by atoms with Gasteiger partial charge in [0.1, 0.15) is 0 Å². The number of hydrogen-bond donors (Lipinski definition) is 1. The standard InChI is InChI=1S/C14H21N3/c1-2-3-4-5-9-16-12-17-14-8-6-7-13(10-14)11-15/h6-8,10H,2-5,9,11,15H2,1H3. The number of hydrogen-bond acceptors (Lipinski definition) is 3. The highest BCUT2D eigenvalue weighted by Crippen LogP contribution is 2.12. The summed E-state index contributed by atoms with van der Waals surface area (Å²) >= 11 is 0. The Morgan fingerprint density at radius 2 is 2.12 bits per heavy atom. The van der Waals surface area contributed by atoms with Crippen molar-refractivity contribution in [1.82, 2.24) is 0 Å². The summed E-state index contributed by atoms with van der Waals surface area (Å²) in [6.45, 7) is 3.56. The van der Waals surface area contributed by atoms with Crippen LogP contribution in [0.3, 0.4) is 0 Å². The number of nitrogens with two attached hydrogens (primary N) is 1. The van der Waals surface area contributed by atoms with Gasteiger partial charge in [0.15, 0.2) is 0 Å². The molecule has 3 heteroatoms. The number of nitrogens with zero attached hydrogens (tertiary/aromatic N) is 2. The number of benzene rings is 1. The van der Waals surface area contributed by atoms with E-state index >= 15 is 0 Å². The van der Waals surface area contributed by atoms with E-state index in [1.54, 1.807) is 0 Å². The molecule has 0 fully saturated rings. The normalized spacial score (nSPS) is 9.76. The summed E-state index contributed by atoms with van der Waals surface area (Å²) in [6.07, 6.45) is 4.90. The molecule has 0 aliphatic carbocycles. The zero-order valence-corrected chi connectivity index (χ0v) is 10.5. The van der Waals surface area contributed by atoms with Crippen LogP contribution in [0.25, 0.3) is 0 Å². The third-order valence-corrected chi connectivity index (χ3v) is 2.52. The lowest BCUT2D eigenvalue weighted by Crippen LogP contribution is -1.94. The molecule has 1 aromatic rings. The molecule has 0 atom stereocenters. The molecule has 0 aliphatic rings. The van der Waals surface area contributed by atoms with Crippen LogP contribution in [0.15, 0.2) is 34.3 Å². The fraction of sp³-hybridized carbons (Fsp3) is 0.500. The first-order valence-corrected chi connectivity index (χ1v) is 6.28. The van der Waals surface area contributed by atoms with Gasteiger partial charge in [0.25, 0.3) is 0 Å². The first-order chi connectivity index (χ1) is 8.36. The van der Waals surface area contributed by atoms with Gasteiger partial charge >= 0.3 is 0 Å². The number of unbranched alkanes of at least 4 members (excludes halogenated alkanes) is 3. The minimum atomic E-state index is 0.539. The van der Waals surface area contributed by atoms with Crippen LogP contribution in [-0.4, -0.2) is 12.6 Å². The zero-order chi connectivity index (χ0) is 12.3. The molecule has 17 heavy (non-hydrogen) atoms. The molecule has 0 bridgehead atoms. The maximum Gasteiger partial charge on any atom is 0.0948 e. The van der Waals surface area contributed by atoms with Crippen molar-refractivity contribution in [3.63, 3.8) is 0 Å². The predicted molar refractivity (Wildman–Crippen MR) is 72.9 cm³/mol. The van der Waals surface area contributed by atoms with Gasteiger partial charge in [-0.15, -0.1) is 0 Å². The average Bonchev–Trinajstić information content (AvgIpc) is 2.38. The van der Waals surface area contributed by atoms with Gasteiger partial charge in [-0.2, -0.15) is 4.99 Å². The topological polar surface area (TPSA) is 50.7 Å². The minimum absolute atomic E-state index is 0.539. The van der Waals surface area contributed by atoms with E-state index in [9.17, 15) is 0 Å². The Balaban J connectivity index is 2.38. The van der Waals surface area contributed by atoms with Gasteiger partial charge in [0, 0.05) is 13.1 Å². The first-order valence-electron chi connectivity index (χ1n) is 6.28. The maximum absolute atomic E-state index is 5.56. The van der Waals surface area contributed by atoms with Crippen molar-refractivity contribution in [3.8, 4) is 0 Å². The van der Waals surface area contributed by atoms with Crippen molar-refractivity contribution >= 4 is 11.7 Å². The van der Waals surface area contributed by atoms with Gasteiger partial charge in [-0.3, -0.25) is 0 Å². The number of aliphatic imine (C=N–C) groups is 2. The smallest absolute Gasteiger partial charge is 0.0948 e. The van der Waals surface area contributed by atoms with Crippen LogP contribution < -0.4 is 5.73 Å². The molecular formula is C14H21N3. The van der Waals surface area contributed by atoms with Crippen molar-refractivity contribution in [2.75, 3.05) is 6.54 Å². The summed E-state index contributed by atoms with van der Waals surface area (Å²) < 4.78 is 0. The minimum Gasteiger partial charge on any atom is -0.326 e. The lowest BCUT2D eigenvalue weighted by atomic mass is 10.2. The predicted octanol–water partition coefficient (Wildman–Crippen LogP) is 3.53. The Morgan fingerprint density at radius 1 is 1.24 bits per heavy atom. The Kier molecular flexibility index (Phi) is 6.96. The van der Waals surface area contributed by atoms with Crippen LogP contribution in [0.5, 0.6) is 0 Å². The highest BCUT2D eigenvalue weighted by molar-refractivity contribution is 5.53. The van der Waals surface area contributed by atoms with Crippen LogP contribution in [0.2, 0.25) is 0 Å². The van der Waals surface area contributed by atoms with Crippen molar-refractivity contribution in [2.24, 2.45) is 15.7 Å². The molecule has 0 radical (unpaired) electrons. The molecule has 0 aliphatic heterocycles. The number of rotatable bonds is 7. The fourth-order valence-electron chi connectivity index (χ4n) is 1.51. The van der Waals surface area contributed by atoms with Crippen molar-refractivity contribution in [1.29, 1.82) is 0 Å². The van der Waals surface area contributed by atoms with Crippen molar-refractivity contribution < 1.29 is 0 Å². The Hall–Kier alpha value is -1.44. The van der Waals surface area contributed by atoms with Gasteiger partial charge in [-0.25, -0.2) is 4.99 Å². The van der Waals surface area contributed by atoms with Gasteiger partial charge in [-0.05, 0) is 24.1 Å². The average molecular weight is 231 g/mol. The molecule has 3 nitrogen and oxygen atoms in total. The van der Waals surface area contributed by atoms with E-state index in [0.29, 0.717) is 6.54 Å². The summed E-state index contributed by atoms with van der Waals surface area (Å²) in [6, 6.07) is 10.6. The third kappa shape index (κ3) is 6.00. The molecule has 0 spiro atoms. The lowest BCUT2D eigenvalue weighted by Gasteiger charge is -1.95. The van der Waals surface area contributed by atoms with E-state index in [1.807, 2.05) is 24.3 Å². The summed E-state index contributed by atoms with van der Waals surface area (Å²) in [5.74, 6) is 0. The monoisotopic (exact) mass is 231 g/mol. The molecule has 0 saturated heterocycles. The van der Waals surface area contributed by atoms with Crippen LogP contribution in [0.1, 0.15) is 38.2 Å².